The normalized spacial score (nSPS) is 16.1. The van der Waals surface area contributed by atoms with Gasteiger partial charge in [-0.25, -0.2) is 4.79 Å². The third-order valence-corrected chi connectivity index (χ3v) is 10.00. The molecule has 3 aromatic carbocycles. The van der Waals surface area contributed by atoms with E-state index in [2.05, 4.69) is 62.1 Å². The first-order valence-corrected chi connectivity index (χ1v) is 15.8. The summed E-state index contributed by atoms with van der Waals surface area (Å²) in [6, 6.07) is 20.9. The molecular weight excluding hydrogens is 584 g/mol. The van der Waals surface area contributed by atoms with Crippen LogP contribution >= 0.6 is 27.3 Å². The van der Waals surface area contributed by atoms with E-state index in [4.69, 9.17) is 9.47 Å². The predicted octanol–water partition coefficient (Wildman–Crippen LogP) is 7.85. The zero-order chi connectivity index (χ0) is 27.5. The molecule has 0 saturated carbocycles. The summed E-state index contributed by atoms with van der Waals surface area (Å²) >= 11 is 5.46. The fourth-order valence-corrected chi connectivity index (χ4v) is 7.64. The molecule has 4 aromatic rings. The highest BCUT2D eigenvalue weighted by atomic mass is 79.9. The van der Waals surface area contributed by atoms with E-state index >= 15 is 0 Å². The second-order valence-electron chi connectivity index (χ2n) is 10.7. The molecule has 6 rings (SSSR count). The number of hydrogen-bond acceptors (Lipinski definition) is 6. The van der Waals surface area contributed by atoms with Crippen molar-refractivity contribution in [2.75, 3.05) is 46.4 Å². The number of esters is 1. The summed E-state index contributed by atoms with van der Waals surface area (Å²) in [5, 5.41) is 0.944. The molecule has 2 aliphatic heterocycles. The number of ether oxygens (including phenoxy) is 2. The van der Waals surface area contributed by atoms with Gasteiger partial charge in [-0.1, -0.05) is 40.2 Å². The van der Waals surface area contributed by atoms with Crippen molar-refractivity contribution in [2.45, 2.75) is 32.2 Å². The zero-order valence-corrected chi connectivity index (χ0v) is 25.4. The molecule has 0 amide bonds. The van der Waals surface area contributed by atoms with Crippen molar-refractivity contribution in [1.29, 1.82) is 0 Å². The topological polar surface area (TPSA) is 42.0 Å². The molecule has 3 heterocycles. The number of thiophene rings is 1. The van der Waals surface area contributed by atoms with E-state index in [0.29, 0.717) is 12.2 Å². The van der Waals surface area contributed by atoms with Gasteiger partial charge >= 0.3 is 5.97 Å². The van der Waals surface area contributed by atoms with Crippen LogP contribution in [-0.2, 0) is 11.3 Å². The van der Waals surface area contributed by atoms with Gasteiger partial charge in [0.05, 0.1) is 17.6 Å². The lowest BCUT2D eigenvalue weighted by atomic mass is 9.96. The number of hydrogen-bond donors (Lipinski definition) is 0. The molecule has 208 valence electrons. The molecule has 0 radical (unpaired) electrons. The van der Waals surface area contributed by atoms with Gasteiger partial charge in [0.15, 0.2) is 0 Å². The summed E-state index contributed by atoms with van der Waals surface area (Å²) in [7, 11) is 1.46. The average Bonchev–Trinajstić information content (AvgIpc) is 3.76. The Balaban J connectivity index is 1.30. The minimum absolute atomic E-state index is 0.315. The fourth-order valence-electron chi connectivity index (χ4n) is 5.92. The zero-order valence-electron chi connectivity index (χ0n) is 23.0. The summed E-state index contributed by atoms with van der Waals surface area (Å²) in [5.74, 6) is 0.535. The lowest BCUT2D eigenvalue weighted by Crippen LogP contribution is -2.25. The van der Waals surface area contributed by atoms with Gasteiger partial charge in [0.2, 0.25) is 0 Å². The summed E-state index contributed by atoms with van der Waals surface area (Å²) < 4.78 is 13.5. The second-order valence-corrected chi connectivity index (χ2v) is 12.6. The van der Waals surface area contributed by atoms with Gasteiger partial charge in [-0.05, 0) is 111 Å². The standard InChI is InChI=1S/C33H35BrN2O3S/c1-38-33(37)31-30-27(24-9-10-25(28(34)21-24)22-36-17-4-5-18-36)7-6-8-29(30)40-32(31)23-11-13-26(14-12-23)39-20-19-35-15-2-3-16-35/h6-14,21H,2-5,15-20,22H2,1H3. The van der Waals surface area contributed by atoms with E-state index in [1.165, 1.54) is 64.5 Å². The number of fused-ring (bicyclic) bond motifs is 1. The third kappa shape index (κ3) is 5.84. The van der Waals surface area contributed by atoms with E-state index in [1.54, 1.807) is 11.3 Å². The molecule has 40 heavy (non-hydrogen) atoms. The van der Waals surface area contributed by atoms with Crippen LogP contribution in [0.3, 0.4) is 0 Å². The highest BCUT2D eigenvalue weighted by Crippen LogP contribution is 2.44. The largest absolute Gasteiger partial charge is 0.492 e. The first-order chi connectivity index (χ1) is 19.6. The molecule has 2 saturated heterocycles. The molecule has 5 nitrogen and oxygen atoms in total. The van der Waals surface area contributed by atoms with E-state index < -0.39 is 0 Å². The van der Waals surface area contributed by atoms with Crippen molar-refractivity contribution in [2.24, 2.45) is 0 Å². The van der Waals surface area contributed by atoms with Gasteiger partial charge in [-0.15, -0.1) is 11.3 Å². The first kappa shape index (κ1) is 27.5. The number of nitrogens with zero attached hydrogens (tertiary/aromatic N) is 2. The van der Waals surface area contributed by atoms with E-state index in [-0.39, 0.29) is 5.97 Å². The molecule has 0 unspecified atom stereocenters. The van der Waals surface area contributed by atoms with Gasteiger partial charge in [0.1, 0.15) is 12.4 Å². The van der Waals surface area contributed by atoms with Crippen LogP contribution in [0.4, 0.5) is 0 Å². The van der Waals surface area contributed by atoms with Crippen molar-refractivity contribution in [1.82, 2.24) is 9.80 Å². The molecule has 0 N–H and O–H groups in total. The van der Waals surface area contributed by atoms with Crippen LogP contribution in [0, 0.1) is 0 Å². The Kier molecular flexibility index (Phi) is 8.54. The van der Waals surface area contributed by atoms with Crippen LogP contribution in [-0.4, -0.2) is 62.2 Å². The minimum Gasteiger partial charge on any atom is -0.492 e. The van der Waals surface area contributed by atoms with Crippen molar-refractivity contribution < 1.29 is 14.3 Å². The maximum absolute atomic E-state index is 13.3. The van der Waals surface area contributed by atoms with Gasteiger partial charge < -0.3 is 9.47 Å². The van der Waals surface area contributed by atoms with Crippen molar-refractivity contribution in [3.05, 3.63) is 76.3 Å². The lowest BCUT2D eigenvalue weighted by Gasteiger charge is -2.16. The number of carbonyl (C=O) groups is 1. The van der Waals surface area contributed by atoms with Crippen LogP contribution in [0.25, 0.3) is 31.7 Å². The quantitative estimate of drug-likeness (QED) is 0.179. The van der Waals surface area contributed by atoms with Gasteiger partial charge in [0.25, 0.3) is 0 Å². The van der Waals surface area contributed by atoms with Crippen molar-refractivity contribution in [3.63, 3.8) is 0 Å². The van der Waals surface area contributed by atoms with Gasteiger partial charge in [-0.2, -0.15) is 0 Å². The lowest BCUT2D eigenvalue weighted by molar-refractivity contribution is 0.0604. The van der Waals surface area contributed by atoms with Gasteiger partial charge in [0, 0.05) is 27.6 Å². The summed E-state index contributed by atoms with van der Waals surface area (Å²) in [4.78, 5) is 19.1. The molecule has 0 bridgehead atoms. The maximum Gasteiger partial charge on any atom is 0.340 e. The van der Waals surface area contributed by atoms with Crippen LogP contribution in [0.5, 0.6) is 5.75 Å². The van der Waals surface area contributed by atoms with Crippen LogP contribution in [0.1, 0.15) is 41.6 Å². The average molecular weight is 620 g/mol. The fraction of sp³-hybridized carbons (Fsp3) is 0.364. The number of carbonyl (C=O) groups excluding carboxylic acids is 1. The molecule has 1 aromatic heterocycles. The first-order valence-electron chi connectivity index (χ1n) is 14.2. The van der Waals surface area contributed by atoms with Crippen molar-refractivity contribution >= 4 is 43.3 Å². The summed E-state index contributed by atoms with van der Waals surface area (Å²) in [6.07, 6.45) is 5.14. The molecular formula is C33H35BrN2O3S. The Labute approximate surface area is 248 Å². The molecule has 7 heteroatoms. The number of rotatable bonds is 9. The SMILES string of the molecule is COC(=O)c1c(-c2ccc(OCCN3CCCC3)cc2)sc2cccc(-c3ccc(CN4CCCC4)c(Br)c3)c12. The highest BCUT2D eigenvalue weighted by Gasteiger charge is 2.24. The smallest absolute Gasteiger partial charge is 0.340 e. The molecule has 2 fully saturated rings. The Hall–Kier alpha value is -2.71. The van der Waals surface area contributed by atoms with Gasteiger partial charge in [-0.3, -0.25) is 9.80 Å². The van der Waals surface area contributed by atoms with E-state index in [1.807, 2.05) is 24.3 Å². The second kappa shape index (κ2) is 12.4. The summed E-state index contributed by atoms with van der Waals surface area (Å²) in [5.41, 5.74) is 5.02. The molecule has 2 aliphatic rings. The van der Waals surface area contributed by atoms with Crippen LogP contribution < -0.4 is 4.74 Å². The monoisotopic (exact) mass is 618 g/mol. The third-order valence-electron chi connectivity index (χ3n) is 8.05. The van der Waals surface area contributed by atoms with Crippen molar-refractivity contribution in [3.8, 4) is 27.3 Å². The number of benzene rings is 3. The molecule has 0 aliphatic carbocycles. The summed E-state index contributed by atoms with van der Waals surface area (Å²) in [6.45, 7) is 7.28. The Morgan fingerprint density at radius 3 is 2.30 bits per heavy atom. The molecule has 0 atom stereocenters. The number of likely N-dealkylation sites (tertiary alicyclic amines) is 2. The minimum atomic E-state index is -0.315. The predicted molar refractivity (Wildman–Crippen MR) is 167 cm³/mol. The Bertz CT molecular complexity index is 1490. The van der Waals surface area contributed by atoms with Crippen LogP contribution in [0.2, 0.25) is 0 Å². The maximum atomic E-state index is 13.3. The Morgan fingerprint density at radius 2 is 1.60 bits per heavy atom. The highest BCUT2D eigenvalue weighted by molar-refractivity contribution is 9.10. The number of halogens is 1. The number of methoxy groups -OCH3 is 1. The Morgan fingerprint density at radius 1 is 0.900 bits per heavy atom. The van der Waals surface area contributed by atoms with E-state index in [0.717, 1.165) is 55.0 Å². The van der Waals surface area contributed by atoms with E-state index in [9.17, 15) is 4.79 Å². The molecule has 0 spiro atoms. The van der Waals surface area contributed by atoms with Crippen LogP contribution in [0.15, 0.2) is 65.1 Å².